The molecule has 1 aromatic heterocycles. The molecule has 0 spiro atoms. The second-order valence-electron chi connectivity index (χ2n) is 7.25. The van der Waals surface area contributed by atoms with E-state index in [9.17, 15) is 9.59 Å². The predicted octanol–water partition coefficient (Wildman–Crippen LogP) is 3.41. The zero-order valence-electron chi connectivity index (χ0n) is 18.9. The van der Waals surface area contributed by atoms with E-state index in [0.29, 0.717) is 35.1 Å². The zero-order valence-corrected chi connectivity index (χ0v) is 18.9. The first-order chi connectivity index (χ1) is 15.9. The average Bonchev–Trinajstić information content (AvgIpc) is 2.84. The van der Waals surface area contributed by atoms with Gasteiger partial charge in [-0.2, -0.15) is 0 Å². The van der Waals surface area contributed by atoms with Gasteiger partial charge in [0.2, 0.25) is 11.8 Å². The third-order valence-electron chi connectivity index (χ3n) is 5.03. The lowest BCUT2D eigenvalue weighted by molar-refractivity contribution is -0.117. The van der Waals surface area contributed by atoms with E-state index in [-0.39, 0.29) is 18.2 Å². The van der Waals surface area contributed by atoms with Gasteiger partial charge in [0.05, 0.1) is 26.3 Å². The van der Waals surface area contributed by atoms with E-state index in [1.165, 1.54) is 17.3 Å². The van der Waals surface area contributed by atoms with Crippen LogP contribution in [0.3, 0.4) is 0 Å². The van der Waals surface area contributed by atoms with Gasteiger partial charge in [0.25, 0.3) is 0 Å². The van der Waals surface area contributed by atoms with E-state index in [0.717, 1.165) is 11.1 Å². The number of likely N-dealkylation sites (N-methyl/N-ethyl adjacent to an activating group) is 1. The van der Waals surface area contributed by atoms with E-state index >= 15 is 0 Å². The molecule has 0 fully saturated rings. The molecule has 2 amide bonds. The van der Waals surface area contributed by atoms with Crippen LogP contribution >= 0.6 is 0 Å². The highest BCUT2D eigenvalue weighted by molar-refractivity contribution is 5.99. The van der Waals surface area contributed by atoms with Crippen LogP contribution in [0.4, 0.5) is 11.5 Å². The van der Waals surface area contributed by atoms with E-state index in [4.69, 9.17) is 9.47 Å². The van der Waals surface area contributed by atoms with Gasteiger partial charge in [0.1, 0.15) is 23.6 Å². The average molecular weight is 447 g/mol. The molecule has 0 bridgehead atoms. The van der Waals surface area contributed by atoms with Crippen LogP contribution in [0.25, 0.3) is 0 Å². The number of para-hydroxylation sites is 1. The Kier molecular flexibility index (Phi) is 7.75. The first-order valence-corrected chi connectivity index (χ1v) is 10.2. The van der Waals surface area contributed by atoms with Gasteiger partial charge in [-0.25, -0.2) is 9.97 Å². The number of ether oxygens (including phenoxy) is 2. The molecule has 3 rings (SSSR count). The summed E-state index contributed by atoms with van der Waals surface area (Å²) in [7, 11) is 4.80. The minimum Gasteiger partial charge on any atom is -0.497 e. The molecule has 0 aliphatic carbocycles. The number of aromatic nitrogens is 2. The fourth-order valence-corrected chi connectivity index (χ4v) is 3.23. The first-order valence-electron chi connectivity index (χ1n) is 10.2. The lowest BCUT2D eigenvalue weighted by Gasteiger charge is -2.17. The molecule has 0 aliphatic rings. The number of hydrogen-bond acceptors (Lipinski definition) is 6. The van der Waals surface area contributed by atoms with Crippen LogP contribution in [0.5, 0.6) is 11.5 Å². The summed E-state index contributed by atoms with van der Waals surface area (Å²) >= 11 is 0. The molecule has 8 nitrogen and oxygen atoms in total. The van der Waals surface area contributed by atoms with Crippen molar-refractivity contribution in [1.82, 2.24) is 9.97 Å². The van der Waals surface area contributed by atoms with E-state index in [1.807, 2.05) is 24.3 Å². The Hall–Kier alpha value is -4.20. The maximum absolute atomic E-state index is 12.9. The molecule has 170 valence electrons. The number of benzene rings is 2. The van der Waals surface area contributed by atoms with Crippen molar-refractivity contribution in [1.29, 1.82) is 0 Å². The number of nitrogens with zero attached hydrogens (tertiary/aromatic N) is 3. The van der Waals surface area contributed by atoms with E-state index in [2.05, 4.69) is 21.9 Å². The van der Waals surface area contributed by atoms with Gasteiger partial charge in [0, 0.05) is 31.3 Å². The molecule has 0 saturated carbocycles. The normalized spacial score (nSPS) is 10.3. The maximum Gasteiger partial charge on any atom is 0.247 e. The molecule has 3 aromatic rings. The van der Waals surface area contributed by atoms with Gasteiger partial charge in [-0.15, -0.1) is 0 Å². The van der Waals surface area contributed by atoms with E-state index in [1.54, 1.807) is 45.5 Å². The fourth-order valence-electron chi connectivity index (χ4n) is 3.23. The summed E-state index contributed by atoms with van der Waals surface area (Å²) in [5, 5.41) is 2.80. The molecule has 0 radical (unpaired) electrons. The van der Waals surface area contributed by atoms with Gasteiger partial charge >= 0.3 is 0 Å². The third kappa shape index (κ3) is 6.16. The fraction of sp³-hybridized carbons (Fsp3) is 0.200. The van der Waals surface area contributed by atoms with E-state index < -0.39 is 0 Å². The summed E-state index contributed by atoms with van der Waals surface area (Å²) in [4.78, 5) is 34.7. The van der Waals surface area contributed by atoms with Gasteiger partial charge in [-0.1, -0.05) is 24.8 Å². The molecule has 33 heavy (non-hydrogen) atoms. The number of methoxy groups -OCH3 is 2. The molecule has 1 N–H and O–H groups in total. The second kappa shape index (κ2) is 10.9. The maximum atomic E-state index is 12.9. The molecule has 0 atom stereocenters. The SMILES string of the molecule is C=CC(=O)Nc1ccccc1Cc1cc(N(C)C(=O)Cc2cc(OC)cc(OC)c2)ncn1. The molecule has 0 unspecified atom stereocenters. The minimum atomic E-state index is -0.287. The molecule has 2 aromatic carbocycles. The number of nitrogens with one attached hydrogen (secondary N) is 1. The topological polar surface area (TPSA) is 93.7 Å². The predicted molar refractivity (Wildman–Crippen MR) is 127 cm³/mol. The molecular weight excluding hydrogens is 420 g/mol. The Morgan fingerprint density at radius 2 is 1.76 bits per heavy atom. The minimum absolute atomic E-state index is 0.145. The quantitative estimate of drug-likeness (QED) is 0.506. The highest BCUT2D eigenvalue weighted by Crippen LogP contribution is 2.24. The highest BCUT2D eigenvalue weighted by Gasteiger charge is 2.16. The number of rotatable bonds is 9. The largest absolute Gasteiger partial charge is 0.497 e. The van der Waals surface area contributed by atoms with Crippen molar-refractivity contribution < 1.29 is 19.1 Å². The van der Waals surface area contributed by atoms with Crippen LogP contribution in [0.15, 0.2) is 67.5 Å². The van der Waals surface area contributed by atoms with Gasteiger partial charge in [-0.3, -0.25) is 14.5 Å². The summed E-state index contributed by atoms with van der Waals surface area (Å²) in [6.45, 7) is 3.48. The first kappa shape index (κ1) is 23.5. The number of carbonyl (C=O) groups excluding carboxylic acids is 2. The highest BCUT2D eigenvalue weighted by atomic mass is 16.5. The summed E-state index contributed by atoms with van der Waals surface area (Å²) in [5.74, 6) is 1.28. The van der Waals surface area contributed by atoms with Crippen LogP contribution in [0.2, 0.25) is 0 Å². The Morgan fingerprint density at radius 3 is 2.42 bits per heavy atom. The van der Waals surface area contributed by atoms with Crippen molar-refractivity contribution in [2.24, 2.45) is 0 Å². The van der Waals surface area contributed by atoms with Gasteiger partial charge in [0.15, 0.2) is 0 Å². The van der Waals surface area contributed by atoms with Crippen LogP contribution < -0.4 is 19.7 Å². The second-order valence-corrected chi connectivity index (χ2v) is 7.25. The number of carbonyl (C=O) groups is 2. The van der Waals surface area contributed by atoms with Crippen molar-refractivity contribution in [3.63, 3.8) is 0 Å². The summed E-state index contributed by atoms with van der Waals surface area (Å²) < 4.78 is 10.6. The Balaban J connectivity index is 1.76. The Labute approximate surface area is 192 Å². The number of amides is 2. The number of anilines is 2. The number of hydrogen-bond donors (Lipinski definition) is 1. The lowest BCUT2D eigenvalue weighted by atomic mass is 10.1. The van der Waals surface area contributed by atoms with Crippen molar-refractivity contribution in [2.45, 2.75) is 12.8 Å². The molecule has 8 heteroatoms. The Bertz CT molecular complexity index is 1140. The third-order valence-corrected chi connectivity index (χ3v) is 5.03. The summed E-state index contributed by atoms with van der Waals surface area (Å²) in [6, 6.07) is 14.6. The molecule has 1 heterocycles. The van der Waals surface area contributed by atoms with Crippen LogP contribution in [-0.2, 0) is 22.4 Å². The van der Waals surface area contributed by atoms with Gasteiger partial charge < -0.3 is 14.8 Å². The van der Waals surface area contributed by atoms with Crippen LogP contribution in [-0.4, -0.2) is 43.0 Å². The van der Waals surface area contributed by atoms with Crippen LogP contribution in [0, 0.1) is 0 Å². The molecule has 0 aliphatic heterocycles. The smallest absolute Gasteiger partial charge is 0.247 e. The molecule has 0 saturated heterocycles. The van der Waals surface area contributed by atoms with Crippen molar-refractivity contribution in [2.75, 3.05) is 31.5 Å². The monoisotopic (exact) mass is 446 g/mol. The van der Waals surface area contributed by atoms with Crippen LogP contribution in [0.1, 0.15) is 16.8 Å². The molecular formula is C25H26N4O4. The zero-order chi connectivity index (χ0) is 23.8. The lowest BCUT2D eigenvalue weighted by Crippen LogP contribution is -2.28. The Morgan fingerprint density at radius 1 is 1.06 bits per heavy atom. The van der Waals surface area contributed by atoms with Crippen molar-refractivity contribution in [3.05, 3.63) is 84.3 Å². The van der Waals surface area contributed by atoms with Gasteiger partial charge in [-0.05, 0) is 35.4 Å². The van der Waals surface area contributed by atoms with Crippen molar-refractivity contribution in [3.8, 4) is 11.5 Å². The summed E-state index contributed by atoms with van der Waals surface area (Å²) in [5.41, 5.74) is 3.04. The summed E-state index contributed by atoms with van der Waals surface area (Å²) in [6.07, 6.45) is 3.25. The van der Waals surface area contributed by atoms with Crippen molar-refractivity contribution >= 4 is 23.3 Å². The standard InChI is InChI=1S/C25H26N4O4/c1-5-24(30)28-22-9-7-6-8-18(22)13-19-14-23(27-16-26-19)29(2)25(31)12-17-10-20(32-3)15-21(11-17)33-4/h5-11,14-16H,1,12-13H2,2-4H3,(H,28,30).